The van der Waals surface area contributed by atoms with Crippen LogP contribution in [0.15, 0.2) is 0 Å². The van der Waals surface area contributed by atoms with Crippen LogP contribution in [0.2, 0.25) is 0 Å². The first kappa shape index (κ1) is 122. The smallest absolute Gasteiger partial charge is 0.361 e. The highest BCUT2D eigenvalue weighted by atomic mass is 16.6. The zero-order valence-electron chi connectivity index (χ0n) is 86.6. The quantitative estimate of drug-likeness (QED) is 0.0244. The summed E-state index contributed by atoms with van der Waals surface area (Å²) in [5.74, 6) is -2.72. The lowest BCUT2D eigenvalue weighted by molar-refractivity contribution is -0.883. The summed E-state index contributed by atoms with van der Waals surface area (Å²) in [6.45, 7) is 16.0. The van der Waals surface area contributed by atoms with Crippen molar-refractivity contribution in [3.63, 3.8) is 0 Å². The SMILES string of the molecule is CCCCCCCCCCCC[N+](C)(C)CC(=O)OCC(COCC(COC(=O)C[N+](C)(C)CCCCCCCCCCCC)(COC(=O)C[N+](C)(C)CCCCCCCCCCCC)COC(=O)C[N+](C)(C)CCCCCCCCCCCC)(COC(=O)C[N+](C)(C)CCCCCCCCCCCC)COC(=O)C[N+](C)(C)CCCCCCCCCCCC. The summed E-state index contributed by atoms with van der Waals surface area (Å²) in [6.07, 6.45) is 72.5. The average molecular weight is 1780 g/mol. The number of quaternary nitrogens is 6. The molecule has 0 aliphatic heterocycles. The first-order valence-corrected chi connectivity index (χ1v) is 53.1. The first-order chi connectivity index (χ1) is 59.7. The number of esters is 6. The maximum atomic E-state index is 14.7. The maximum absolute atomic E-state index is 14.7. The van der Waals surface area contributed by atoms with Gasteiger partial charge in [0, 0.05) is 0 Å². The molecule has 0 N–H and O–H groups in total. The Balaban J connectivity index is 8.14. The summed E-state index contributed by atoms with van der Waals surface area (Å²) in [7, 11) is 24.7. The fraction of sp³-hybridized carbons (Fsp3) is 0.943. The Bertz CT molecular complexity index is 2150. The summed E-state index contributed by atoms with van der Waals surface area (Å²) < 4.78 is 48.3. The van der Waals surface area contributed by atoms with E-state index >= 15 is 0 Å². The number of rotatable bonds is 94. The highest BCUT2D eigenvalue weighted by molar-refractivity contribution is 5.73. The second kappa shape index (κ2) is 77.0. The summed E-state index contributed by atoms with van der Waals surface area (Å²) in [4.78, 5) is 88.1. The summed E-state index contributed by atoms with van der Waals surface area (Å²) in [6, 6.07) is 0. The van der Waals surface area contributed by atoms with Gasteiger partial charge in [-0.15, -0.1) is 0 Å². The van der Waals surface area contributed by atoms with Crippen molar-refractivity contribution in [2.75, 3.05) is 216 Å². The molecule has 0 aromatic heterocycles. The lowest BCUT2D eigenvalue weighted by atomic mass is 9.90. The Labute approximate surface area is 774 Å². The number of unbranched alkanes of at least 4 members (excludes halogenated alkanes) is 54. The lowest BCUT2D eigenvalue weighted by Gasteiger charge is -2.37. The van der Waals surface area contributed by atoms with Gasteiger partial charge in [-0.25, -0.2) is 28.8 Å². The van der Waals surface area contributed by atoms with Crippen LogP contribution >= 0.6 is 0 Å². The molecule has 0 aromatic rings. The van der Waals surface area contributed by atoms with Gasteiger partial charge < -0.3 is 60.1 Å². The van der Waals surface area contributed by atoms with Crippen LogP contribution < -0.4 is 0 Å². The van der Waals surface area contributed by atoms with Gasteiger partial charge in [-0.1, -0.05) is 350 Å². The highest BCUT2D eigenvalue weighted by Gasteiger charge is 2.43. The molecule has 740 valence electrons. The van der Waals surface area contributed by atoms with Crippen LogP contribution in [0.5, 0.6) is 0 Å². The van der Waals surface area contributed by atoms with Crippen molar-refractivity contribution in [3.05, 3.63) is 0 Å². The van der Waals surface area contributed by atoms with Crippen molar-refractivity contribution >= 4 is 35.8 Å². The monoisotopic (exact) mass is 1780 g/mol. The molecule has 0 aromatic carbocycles. The first-order valence-electron chi connectivity index (χ1n) is 53.1. The third-order valence-corrected chi connectivity index (χ3v) is 26.1. The van der Waals surface area contributed by atoms with Crippen LogP contribution in [-0.4, -0.2) is 279 Å². The van der Waals surface area contributed by atoms with Crippen LogP contribution in [0.25, 0.3) is 0 Å². The van der Waals surface area contributed by atoms with Crippen LogP contribution in [0.1, 0.15) is 427 Å². The van der Waals surface area contributed by atoms with Crippen molar-refractivity contribution in [2.45, 2.75) is 427 Å². The Morgan fingerprint density at radius 3 is 0.376 bits per heavy atom. The molecule has 0 bridgehead atoms. The van der Waals surface area contributed by atoms with E-state index < -0.39 is 46.6 Å². The molecule has 0 amide bonds. The van der Waals surface area contributed by atoms with E-state index in [-0.39, 0.29) is 92.1 Å². The van der Waals surface area contributed by atoms with Crippen LogP contribution in [0.4, 0.5) is 0 Å². The molecule has 19 nitrogen and oxygen atoms in total. The van der Waals surface area contributed by atoms with Gasteiger partial charge in [0.05, 0.1) is 148 Å². The molecule has 0 aliphatic carbocycles. The summed E-state index contributed by atoms with van der Waals surface area (Å²) in [5.41, 5.74) is -2.98. The standard InChI is InChI=1S/C106H214N6O13/c1-19-25-31-37-43-49-55-61-67-73-79-107(7,8)85-99(113)120-93-105(94-121-100(114)86-108(9,10)80-74-68-62-56-50-44-38-32-26-20-2,95-122-101(115)87-109(11,12)81-75-69-63-57-51-45-39-33-27-21-3)91-119-92-106(96-123-102(116)88-110(13,14)82-76-70-64-58-52-46-40-34-28-22-4,97-124-103(117)89-111(15,16)83-77-71-65-59-53-47-41-35-29-23-5)98-125-104(118)90-112(17,18)84-78-72-66-60-54-48-42-36-30-24-6/h19-98H2,1-18H3/q+6. The number of carbonyl (C=O) groups is 6. The molecule has 0 spiro atoms. The Kier molecular flexibility index (Phi) is 74.9. The molecule has 19 heteroatoms. The zero-order chi connectivity index (χ0) is 93.0. The van der Waals surface area contributed by atoms with Crippen molar-refractivity contribution in [1.82, 2.24) is 0 Å². The van der Waals surface area contributed by atoms with Crippen molar-refractivity contribution < 1.29 is 88.8 Å². The number of hydrogen-bond donors (Lipinski definition) is 0. The van der Waals surface area contributed by atoms with E-state index in [0.29, 0.717) is 26.9 Å². The van der Waals surface area contributed by atoms with Gasteiger partial charge in [0.2, 0.25) is 0 Å². The number of ether oxygens (including phenoxy) is 7. The van der Waals surface area contributed by atoms with E-state index in [0.717, 1.165) is 155 Å². The molecule has 0 fully saturated rings. The fourth-order valence-electron chi connectivity index (χ4n) is 17.4. The molecule has 125 heavy (non-hydrogen) atoms. The van der Waals surface area contributed by atoms with Crippen molar-refractivity contribution in [1.29, 1.82) is 0 Å². The number of nitrogens with zero attached hydrogens (tertiary/aromatic N) is 6. The van der Waals surface area contributed by atoms with Crippen molar-refractivity contribution in [3.8, 4) is 0 Å². The van der Waals surface area contributed by atoms with Crippen molar-refractivity contribution in [2.24, 2.45) is 10.8 Å². The molecule has 0 rings (SSSR count). The molecule has 0 saturated heterocycles. The Hall–Kier alpha value is -3.46. The largest absolute Gasteiger partial charge is 0.461 e. The van der Waals surface area contributed by atoms with E-state index in [1.807, 2.05) is 0 Å². The van der Waals surface area contributed by atoms with E-state index in [1.165, 1.54) is 270 Å². The molecule has 0 radical (unpaired) electrons. The third-order valence-electron chi connectivity index (χ3n) is 26.1. The summed E-state index contributed by atoms with van der Waals surface area (Å²) >= 11 is 0. The second-order valence-corrected chi connectivity index (χ2v) is 43.5. The van der Waals surface area contributed by atoms with Crippen LogP contribution in [-0.2, 0) is 61.9 Å². The van der Waals surface area contributed by atoms with Gasteiger partial charge in [-0.05, 0) is 77.0 Å². The molecule has 0 heterocycles. The fourth-order valence-corrected chi connectivity index (χ4v) is 17.4. The Morgan fingerprint density at radius 1 is 0.160 bits per heavy atom. The van der Waals surface area contributed by atoms with Gasteiger partial charge >= 0.3 is 35.8 Å². The van der Waals surface area contributed by atoms with Gasteiger partial charge in [-0.2, -0.15) is 0 Å². The minimum absolute atomic E-state index is 0.0761. The van der Waals surface area contributed by atoms with E-state index in [9.17, 15) is 28.8 Å². The van der Waals surface area contributed by atoms with E-state index in [1.54, 1.807) is 0 Å². The normalized spacial score (nSPS) is 12.6. The predicted octanol–water partition coefficient (Wildman–Crippen LogP) is 24.2. The predicted molar refractivity (Wildman–Crippen MR) is 524 cm³/mol. The minimum Gasteiger partial charge on any atom is -0.461 e. The Morgan fingerprint density at radius 2 is 0.264 bits per heavy atom. The van der Waals surface area contributed by atoms with Gasteiger partial charge in [0.15, 0.2) is 39.3 Å². The average Bonchev–Trinajstić information content (AvgIpc) is 0.829. The van der Waals surface area contributed by atoms with Gasteiger partial charge in [0.1, 0.15) is 39.6 Å². The second-order valence-electron chi connectivity index (χ2n) is 43.5. The van der Waals surface area contributed by atoms with Crippen LogP contribution in [0.3, 0.4) is 0 Å². The lowest BCUT2D eigenvalue weighted by Crippen LogP contribution is -2.51. The van der Waals surface area contributed by atoms with E-state index in [4.69, 9.17) is 33.2 Å². The molecule has 0 aliphatic rings. The maximum Gasteiger partial charge on any atom is 0.361 e. The number of hydrogen-bond acceptors (Lipinski definition) is 13. The topological polar surface area (TPSA) is 167 Å². The molecular weight excluding hydrogens is 1570 g/mol. The summed E-state index contributed by atoms with van der Waals surface area (Å²) in [5, 5.41) is 0. The minimum atomic E-state index is -1.49. The molecule has 0 atom stereocenters. The molecular formula is C106H214N6O13+6. The zero-order valence-corrected chi connectivity index (χ0v) is 86.6. The van der Waals surface area contributed by atoms with E-state index in [2.05, 4.69) is 126 Å². The molecule has 0 saturated carbocycles. The number of likely N-dealkylation sites (N-methyl/N-ethyl adjacent to an activating group) is 6. The molecule has 0 unspecified atom stereocenters. The number of carbonyl (C=O) groups excluding carboxylic acids is 6. The van der Waals surface area contributed by atoms with Gasteiger partial charge in [0.25, 0.3) is 0 Å². The third kappa shape index (κ3) is 76.8. The van der Waals surface area contributed by atoms with Crippen LogP contribution in [0, 0.1) is 10.8 Å². The highest BCUT2D eigenvalue weighted by Crippen LogP contribution is 2.29. The van der Waals surface area contributed by atoms with Gasteiger partial charge in [-0.3, -0.25) is 0 Å².